The van der Waals surface area contributed by atoms with Crippen molar-refractivity contribution in [2.45, 2.75) is 11.1 Å². The summed E-state index contributed by atoms with van der Waals surface area (Å²) in [5.41, 5.74) is 10.3. The summed E-state index contributed by atoms with van der Waals surface area (Å²) in [6.07, 6.45) is 3.40. The van der Waals surface area contributed by atoms with Gasteiger partial charge < -0.3 is 20.3 Å². The average molecular weight is 460 g/mol. The Hall–Kier alpha value is -2.73. The maximum absolute atomic E-state index is 12.8. The van der Waals surface area contributed by atoms with E-state index in [1.54, 1.807) is 31.2 Å². The van der Waals surface area contributed by atoms with Crippen LogP contribution >= 0.6 is 11.3 Å². The van der Waals surface area contributed by atoms with Gasteiger partial charge in [0.25, 0.3) is 0 Å². The number of nitrogen functional groups attached to an aromatic ring is 1. The molecule has 0 aliphatic rings. The van der Waals surface area contributed by atoms with Gasteiger partial charge in [0.15, 0.2) is 0 Å². The monoisotopic (exact) mass is 459 g/mol. The van der Waals surface area contributed by atoms with E-state index >= 15 is 0 Å². The van der Waals surface area contributed by atoms with E-state index in [0.29, 0.717) is 33.0 Å². The molecule has 1 atom stereocenters. The number of guanidine groups is 1. The first-order valence-corrected chi connectivity index (χ1v) is 11.5. The zero-order valence-corrected chi connectivity index (χ0v) is 19.5. The van der Waals surface area contributed by atoms with Crippen LogP contribution in [0.2, 0.25) is 0 Å². The molecule has 3 aromatic rings. The average Bonchev–Trinajstić information content (AvgIpc) is 3.35. The van der Waals surface area contributed by atoms with Crippen LogP contribution in [0.1, 0.15) is 12.6 Å². The highest BCUT2D eigenvalue weighted by Gasteiger charge is 2.25. The van der Waals surface area contributed by atoms with E-state index in [0.717, 1.165) is 27.9 Å². The maximum Gasteiger partial charge on any atom is 0.232 e. The molecule has 0 radical (unpaired) electrons. The van der Waals surface area contributed by atoms with Gasteiger partial charge in [-0.15, -0.1) is 0 Å². The van der Waals surface area contributed by atoms with Crippen LogP contribution in [0, 0.1) is 0 Å². The molecular formula is C20H25N7O2S2. The number of anilines is 1. The number of nitrogens with zero attached hydrogens (tertiary/aromatic N) is 5. The fourth-order valence-electron chi connectivity index (χ4n) is 2.97. The van der Waals surface area contributed by atoms with Gasteiger partial charge in [0, 0.05) is 55.7 Å². The lowest BCUT2D eigenvalue weighted by molar-refractivity contribution is 0.217. The summed E-state index contributed by atoms with van der Waals surface area (Å²) in [5, 5.41) is 7.92. The molecule has 9 nitrogen and oxygen atoms in total. The van der Waals surface area contributed by atoms with Crippen LogP contribution in [0.4, 0.5) is 5.69 Å². The molecule has 0 saturated carbocycles. The van der Waals surface area contributed by atoms with Crippen molar-refractivity contribution in [3.63, 3.8) is 0 Å². The SMILES string of the molecule is C=N/C(=N\C=C(/C)c1cc(-c2ccnn2C)c2c(N)c([S+]([O-])CCOC)sc2n1)NC. The molecule has 0 aliphatic carbocycles. The summed E-state index contributed by atoms with van der Waals surface area (Å²) in [6.45, 7) is 5.78. The first-order chi connectivity index (χ1) is 14.9. The van der Waals surface area contributed by atoms with Crippen LogP contribution < -0.4 is 11.1 Å². The molecule has 0 amide bonds. The molecule has 1 unspecified atom stereocenters. The van der Waals surface area contributed by atoms with Crippen LogP contribution in [0.3, 0.4) is 0 Å². The van der Waals surface area contributed by atoms with Gasteiger partial charge in [-0.05, 0) is 31.3 Å². The number of methoxy groups -OCH3 is 1. The third-order valence-corrected chi connectivity index (χ3v) is 7.47. The van der Waals surface area contributed by atoms with Gasteiger partial charge in [-0.1, -0.05) is 11.3 Å². The van der Waals surface area contributed by atoms with Gasteiger partial charge in [0.2, 0.25) is 10.2 Å². The summed E-state index contributed by atoms with van der Waals surface area (Å²) < 4.78 is 20.2. The number of nitrogens with two attached hydrogens (primary N) is 1. The van der Waals surface area contributed by atoms with Gasteiger partial charge >= 0.3 is 0 Å². The maximum atomic E-state index is 12.8. The molecular weight excluding hydrogens is 434 g/mol. The number of rotatable bonds is 7. The van der Waals surface area contributed by atoms with Crippen LogP contribution in [0.5, 0.6) is 0 Å². The lowest BCUT2D eigenvalue weighted by Crippen LogP contribution is -2.14. The second-order valence-electron chi connectivity index (χ2n) is 6.59. The highest BCUT2D eigenvalue weighted by Crippen LogP contribution is 2.42. The van der Waals surface area contributed by atoms with Crippen molar-refractivity contribution in [3.8, 4) is 11.3 Å². The number of aryl methyl sites for hydroxylation is 1. The zero-order chi connectivity index (χ0) is 22.5. The Balaban J connectivity index is 2.21. The van der Waals surface area contributed by atoms with Gasteiger partial charge in [-0.25, -0.2) is 15.0 Å². The van der Waals surface area contributed by atoms with Crippen molar-refractivity contribution < 1.29 is 9.29 Å². The summed E-state index contributed by atoms with van der Waals surface area (Å²) in [6, 6.07) is 3.86. The minimum atomic E-state index is -1.28. The van der Waals surface area contributed by atoms with E-state index < -0.39 is 11.2 Å². The molecule has 3 rings (SSSR count). The third kappa shape index (κ3) is 4.79. The predicted octanol–water partition coefficient (Wildman–Crippen LogP) is 2.67. The molecule has 0 saturated heterocycles. The quantitative estimate of drug-likeness (QED) is 0.318. The lowest BCUT2D eigenvalue weighted by atomic mass is 10.1. The summed E-state index contributed by atoms with van der Waals surface area (Å²) >= 11 is 0.0640. The van der Waals surface area contributed by atoms with E-state index in [4.69, 9.17) is 15.5 Å². The van der Waals surface area contributed by atoms with Crippen molar-refractivity contribution in [1.82, 2.24) is 20.1 Å². The number of fused-ring (bicyclic) bond motifs is 1. The summed E-state index contributed by atoms with van der Waals surface area (Å²) in [5.74, 6) is 0.777. The molecule has 11 heteroatoms. The normalized spacial score (nSPS) is 13.6. The lowest BCUT2D eigenvalue weighted by Gasteiger charge is -2.09. The number of hydrogen-bond acceptors (Lipinski definition) is 7. The molecule has 164 valence electrons. The summed E-state index contributed by atoms with van der Waals surface area (Å²) in [4.78, 5) is 13.6. The zero-order valence-electron chi connectivity index (χ0n) is 17.9. The highest BCUT2D eigenvalue weighted by molar-refractivity contribution is 7.93. The van der Waals surface area contributed by atoms with Crippen molar-refractivity contribution in [3.05, 3.63) is 30.2 Å². The minimum Gasteiger partial charge on any atom is -0.611 e. The van der Waals surface area contributed by atoms with Crippen LogP contribution in [0.25, 0.3) is 27.0 Å². The molecule has 31 heavy (non-hydrogen) atoms. The molecule has 3 N–H and O–H groups in total. The Morgan fingerprint density at radius 3 is 2.90 bits per heavy atom. The second-order valence-corrected chi connectivity index (χ2v) is 9.36. The largest absolute Gasteiger partial charge is 0.611 e. The Morgan fingerprint density at radius 2 is 2.29 bits per heavy atom. The first kappa shape index (κ1) is 22.9. The van der Waals surface area contributed by atoms with E-state index in [-0.39, 0.29) is 0 Å². The van der Waals surface area contributed by atoms with Crippen molar-refractivity contribution in [2.75, 3.05) is 32.3 Å². The number of pyridine rings is 1. The minimum absolute atomic E-state index is 0.371. The molecule has 3 heterocycles. The number of allylic oxidation sites excluding steroid dienone is 1. The van der Waals surface area contributed by atoms with Crippen molar-refractivity contribution in [1.29, 1.82) is 0 Å². The molecule has 0 aliphatic heterocycles. The fourth-order valence-corrected chi connectivity index (χ4v) is 5.54. The second kappa shape index (κ2) is 10.1. The summed E-state index contributed by atoms with van der Waals surface area (Å²) in [7, 11) is 5.17. The molecule has 3 aromatic heterocycles. The molecule has 0 aromatic carbocycles. The number of nitrogens with one attached hydrogen (secondary N) is 1. The Kier molecular flexibility index (Phi) is 7.44. The fraction of sp³-hybridized carbons (Fsp3) is 0.300. The van der Waals surface area contributed by atoms with Crippen molar-refractivity contribution >= 4 is 56.7 Å². The number of hydrogen-bond donors (Lipinski definition) is 2. The Bertz CT molecular complexity index is 1150. The molecule has 0 bridgehead atoms. The van der Waals surface area contributed by atoms with Crippen LogP contribution in [-0.4, -0.2) is 58.5 Å². The van der Waals surface area contributed by atoms with Crippen LogP contribution in [-0.2, 0) is 23.0 Å². The Morgan fingerprint density at radius 1 is 1.52 bits per heavy atom. The molecule has 0 spiro atoms. The van der Waals surface area contributed by atoms with E-state index in [9.17, 15) is 4.55 Å². The Labute approximate surface area is 187 Å². The highest BCUT2D eigenvalue weighted by atomic mass is 32.2. The third-order valence-electron chi connectivity index (χ3n) is 4.60. The van der Waals surface area contributed by atoms with Crippen LogP contribution in [0.15, 0.2) is 38.7 Å². The predicted molar refractivity (Wildman–Crippen MR) is 129 cm³/mol. The van der Waals surface area contributed by atoms with E-state index in [1.165, 1.54) is 11.3 Å². The van der Waals surface area contributed by atoms with Gasteiger partial charge in [-0.2, -0.15) is 5.10 Å². The van der Waals surface area contributed by atoms with Gasteiger partial charge in [0.1, 0.15) is 16.3 Å². The van der Waals surface area contributed by atoms with E-state index in [1.807, 2.05) is 26.1 Å². The van der Waals surface area contributed by atoms with E-state index in [2.05, 4.69) is 27.1 Å². The standard InChI is InChI=1S/C20H25N7O2S2/c1-12(11-24-20(22-2)23-3)14-10-13(15-6-7-25-27(15)4)16-17(21)19(30-18(16)26-14)31(28)9-8-29-5/h6-7,10-11H,2,8-9,21H2,1,3-5H3,(H,23,24)/b12-11+. The topological polar surface area (TPSA) is 126 Å². The number of ether oxygens (including phenoxy) is 1. The first-order valence-electron chi connectivity index (χ1n) is 9.39. The smallest absolute Gasteiger partial charge is 0.232 e. The van der Waals surface area contributed by atoms with Gasteiger partial charge in [-0.3, -0.25) is 4.68 Å². The number of aliphatic imine (C=N–C) groups is 2. The molecule has 0 fully saturated rings. The van der Waals surface area contributed by atoms with Crippen molar-refractivity contribution in [2.24, 2.45) is 17.0 Å². The van der Waals surface area contributed by atoms with Gasteiger partial charge in [0.05, 0.1) is 18.0 Å². The number of aromatic nitrogens is 3. The number of thiophene rings is 1.